The van der Waals surface area contributed by atoms with Crippen LogP contribution in [0.5, 0.6) is 0 Å². The van der Waals surface area contributed by atoms with Crippen LogP contribution in [-0.4, -0.2) is 35.5 Å². The Morgan fingerprint density at radius 1 is 1.14 bits per heavy atom. The van der Waals surface area contributed by atoms with Crippen molar-refractivity contribution in [3.8, 4) is 0 Å². The molecule has 2 bridgehead atoms. The van der Waals surface area contributed by atoms with E-state index in [4.69, 9.17) is 0 Å². The predicted molar refractivity (Wildman–Crippen MR) is 73.1 cm³/mol. The number of carbonyl (C=O) groups excluding carboxylic acids is 1. The maximum Gasteiger partial charge on any atom is 0.289 e. The summed E-state index contributed by atoms with van der Waals surface area (Å²) in [4.78, 5) is 21.5. The molecule has 3 rings (SSSR count). The van der Waals surface area contributed by atoms with Crippen molar-refractivity contribution in [3.05, 3.63) is 46.5 Å². The number of sulfonamides is 1. The molecule has 2 aliphatic heterocycles. The number of fused-ring (bicyclic) bond motifs is 2. The second kappa shape index (κ2) is 4.74. The van der Waals surface area contributed by atoms with E-state index in [-0.39, 0.29) is 23.5 Å². The highest BCUT2D eigenvalue weighted by molar-refractivity contribution is 7.89. The minimum absolute atomic E-state index is 0.00371. The highest BCUT2D eigenvalue weighted by atomic mass is 32.2. The maximum atomic E-state index is 12.8. The van der Waals surface area contributed by atoms with Crippen molar-refractivity contribution >= 4 is 21.5 Å². The van der Waals surface area contributed by atoms with Gasteiger partial charge in [-0.05, 0) is 6.07 Å². The van der Waals surface area contributed by atoms with E-state index in [1.54, 1.807) is 12.2 Å². The van der Waals surface area contributed by atoms with Gasteiger partial charge in [-0.15, -0.1) is 0 Å². The van der Waals surface area contributed by atoms with E-state index in [1.165, 1.54) is 22.5 Å². The second-order valence-electron chi connectivity index (χ2n) is 5.03. The Balaban J connectivity index is 2.07. The number of carbonyl (C=O) groups is 1. The molecule has 1 fully saturated rings. The fraction of sp³-hybridized carbons (Fsp3) is 0.308. The molecule has 1 aromatic rings. The number of nitro groups is 1. The van der Waals surface area contributed by atoms with Gasteiger partial charge in [0.25, 0.3) is 15.7 Å². The molecule has 1 saturated heterocycles. The summed E-state index contributed by atoms with van der Waals surface area (Å²) < 4.78 is 26.7. The van der Waals surface area contributed by atoms with Gasteiger partial charge in [0, 0.05) is 18.9 Å². The highest BCUT2D eigenvalue weighted by Crippen LogP contribution is 2.36. The lowest BCUT2D eigenvalue weighted by atomic mass is 10.0. The van der Waals surface area contributed by atoms with Gasteiger partial charge in [0.2, 0.25) is 0 Å². The lowest BCUT2D eigenvalue weighted by molar-refractivity contribution is -0.387. The minimum atomic E-state index is -4.02. The summed E-state index contributed by atoms with van der Waals surface area (Å²) in [7, 11) is -4.02. The van der Waals surface area contributed by atoms with Gasteiger partial charge in [0.15, 0.2) is 4.90 Å². The molecule has 0 N–H and O–H groups in total. The number of nitro benzene ring substituents is 1. The first kappa shape index (κ1) is 13.9. The van der Waals surface area contributed by atoms with Gasteiger partial charge in [-0.1, -0.05) is 24.3 Å². The number of hydrogen-bond acceptors (Lipinski definition) is 5. The van der Waals surface area contributed by atoms with Crippen molar-refractivity contribution < 1.29 is 18.1 Å². The number of Topliss-reactive ketones (excluding diaryl/α,β-unsaturated/α-hetero) is 1. The Morgan fingerprint density at radius 2 is 1.71 bits per heavy atom. The van der Waals surface area contributed by atoms with E-state index >= 15 is 0 Å². The van der Waals surface area contributed by atoms with Crippen LogP contribution >= 0.6 is 0 Å². The Kier molecular flexibility index (Phi) is 3.14. The van der Waals surface area contributed by atoms with Crippen LogP contribution < -0.4 is 0 Å². The van der Waals surface area contributed by atoms with Crippen LogP contribution in [0.2, 0.25) is 0 Å². The van der Waals surface area contributed by atoms with E-state index in [9.17, 15) is 23.3 Å². The number of hydrogen-bond donors (Lipinski definition) is 0. The summed E-state index contributed by atoms with van der Waals surface area (Å²) in [5.74, 6) is 0.00371. The molecule has 0 aliphatic carbocycles. The van der Waals surface area contributed by atoms with E-state index < -0.39 is 32.7 Å². The molecule has 0 spiro atoms. The SMILES string of the molecule is O=C1CC2C=CC(C1)N2S(=O)(=O)c1ccccc1[N+](=O)[O-]. The number of para-hydroxylation sites is 1. The summed E-state index contributed by atoms with van der Waals surface area (Å²) >= 11 is 0. The molecule has 0 aromatic heterocycles. The first-order chi connectivity index (χ1) is 9.91. The number of piperidine rings is 1. The van der Waals surface area contributed by atoms with E-state index in [2.05, 4.69) is 0 Å². The maximum absolute atomic E-state index is 12.8. The fourth-order valence-electron chi connectivity index (χ4n) is 2.83. The average molecular weight is 308 g/mol. The minimum Gasteiger partial charge on any atom is -0.300 e. The van der Waals surface area contributed by atoms with Crippen LogP contribution in [0.3, 0.4) is 0 Å². The van der Waals surface area contributed by atoms with Crippen LogP contribution in [0.15, 0.2) is 41.3 Å². The van der Waals surface area contributed by atoms with E-state index in [0.29, 0.717) is 0 Å². The third-order valence-electron chi connectivity index (χ3n) is 3.70. The van der Waals surface area contributed by atoms with Gasteiger partial charge in [0.05, 0.1) is 17.0 Å². The van der Waals surface area contributed by atoms with Crippen LogP contribution in [0.1, 0.15) is 12.8 Å². The van der Waals surface area contributed by atoms with Gasteiger partial charge < -0.3 is 0 Å². The molecule has 2 unspecified atom stereocenters. The highest BCUT2D eigenvalue weighted by Gasteiger charge is 2.45. The Bertz CT molecular complexity index is 738. The molecule has 1 aromatic carbocycles. The van der Waals surface area contributed by atoms with Crippen molar-refractivity contribution in [2.24, 2.45) is 0 Å². The molecule has 0 saturated carbocycles. The van der Waals surface area contributed by atoms with Crippen molar-refractivity contribution in [1.29, 1.82) is 0 Å². The summed E-state index contributed by atoms with van der Waals surface area (Å²) in [5, 5.41) is 11.0. The smallest absolute Gasteiger partial charge is 0.289 e. The van der Waals surface area contributed by atoms with Crippen molar-refractivity contribution in [2.45, 2.75) is 29.8 Å². The molecule has 110 valence electrons. The van der Waals surface area contributed by atoms with Gasteiger partial charge in [0.1, 0.15) is 5.78 Å². The van der Waals surface area contributed by atoms with Crippen LogP contribution in [0.4, 0.5) is 5.69 Å². The van der Waals surface area contributed by atoms with Gasteiger partial charge in [-0.2, -0.15) is 4.31 Å². The third-order valence-corrected chi connectivity index (χ3v) is 5.70. The molecule has 2 aliphatic rings. The second-order valence-corrected chi connectivity index (χ2v) is 6.84. The topological polar surface area (TPSA) is 97.6 Å². The molecule has 0 amide bonds. The Labute approximate surface area is 121 Å². The third kappa shape index (κ3) is 2.16. The van der Waals surface area contributed by atoms with Crippen LogP contribution in [-0.2, 0) is 14.8 Å². The van der Waals surface area contributed by atoms with Crippen molar-refractivity contribution in [3.63, 3.8) is 0 Å². The van der Waals surface area contributed by atoms with Gasteiger partial charge >= 0.3 is 0 Å². The molecular formula is C13H12N2O5S. The lowest BCUT2D eigenvalue weighted by Gasteiger charge is -2.32. The normalized spacial score (nSPS) is 25.2. The zero-order valence-electron chi connectivity index (χ0n) is 10.9. The molecule has 2 heterocycles. The predicted octanol–water partition coefficient (Wildman–Crippen LogP) is 1.26. The molecule has 2 atom stereocenters. The average Bonchev–Trinajstić information content (AvgIpc) is 2.72. The van der Waals surface area contributed by atoms with E-state index in [0.717, 1.165) is 6.07 Å². The van der Waals surface area contributed by atoms with Crippen molar-refractivity contribution in [2.75, 3.05) is 0 Å². The molecule has 21 heavy (non-hydrogen) atoms. The Morgan fingerprint density at radius 3 is 2.29 bits per heavy atom. The zero-order chi connectivity index (χ0) is 15.2. The molecule has 7 nitrogen and oxygen atoms in total. The Hall–Kier alpha value is -2.06. The molecule has 0 radical (unpaired) electrons. The molecular weight excluding hydrogens is 296 g/mol. The summed E-state index contributed by atoms with van der Waals surface area (Å²) in [6.07, 6.45) is 3.60. The summed E-state index contributed by atoms with van der Waals surface area (Å²) in [6.45, 7) is 0. The standard InChI is InChI=1S/C13H12N2O5S/c16-11-7-9-5-6-10(8-11)14(9)21(19,20)13-4-2-1-3-12(13)15(17)18/h1-6,9-10H,7-8H2. The summed E-state index contributed by atoms with van der Waals surface area (Å²) in [6, 6.07) is 4.18. The molecule has 8 heteroatoms. The number of ketones is 1. The van der Waals surface area contributed by atoms with Gasteiger partial charge in [-0.25, -0.2) is 8.42 Å². The number of benzene rings is 1. The monoisotopic (exact) mass is 308 g/mol. The lowest BCUT2D eigenvalue weighted by Crippen LogP contribution is -2.47. The largest absolute Gasteiger partial charge is 0.300 e. The van der Waals surface area contributed by atoms with Gasteiger partial charge in [-0.3, -0.25) is 14.9 Å². The fourth-order valence-corrected chi connectivity index (χ4v) is 4.72. The first-order valence-corrected chi connectivity index (χ1v) is 7.82. The van der Waals surface area contributed by atoms with E-state index in [1.807, 2.05) is 0 Å². The summed E-state index contributed by atoms with van der Waals surface area (Å²) in [5.41, 5.74) is -0.450. The first-order valence-electron chi connectivity index (χ1n) is 6.38. The van der Waals surface area contributed by atoms with Crippen LogP contribution in [0, 0.1) is 10.1 Å². The van der Waals surface area contributed by atoms with Crippen LogP contribution in [0.25, 0.3) is 0 Å². The van der Waals surface area contributed by atoms with Crippen molar-refractivity contribution in [1.82, 2.24) is 4.31 Å². The number of nitrogens with zero attached hydrogens (tertiary/aromatic N) is 2. The quantitative estimate of drug-likeness (QED) is 0.475. The zero-order valence-corrected chi connectivity index (χ0v) is 11.7. The number of rotatable bonds is 3.